The molecule has 2 aliphatic carbocycles. The van der Waals surface area contributed by atoms with Gasteiger partial charge in [0.05, 0.1) is 11.7 Å². The molecule has 3 heteroatoms. The van der Waals surface area contributed by atoms with Crippen molar-refractivity contribution in [1.29, 1.82) is 0 Å². The van der Waals surface area contributed by atoms with Gasteiger partial charge in [0, 0.05) is 6.04 Å². The Balaban J connectivity index is 1.80. The number of rotatable bonds is 2. The van der Waals surface area contributed by atoms with Gasteiger partial charge < -0.3 is 4.90 Å². The van der Waals surface area contributed by atoms with Gasteiger partial charge in [-0.1, -0.05) is 20.8 Å². The summed E-state index contributed by atoms with van der Waals surface area (Å²) in [6.45, 7) is 6.70. The zero-order valence-corrected chi connectivity index (χ0v) is 10.5. The van der Waals surface area contributed by atoms with E-state index in [2.05, 4.69) is 31.0 Å². The summed E-state index contributed by atoms with van der Waals surface area (Å²) in [6.07, 6.45) is 4.79. The van der Waals surface area contributed by atoms with Gasteiger partial charge in [-0.2, -0.15) is 0 Å². The lowest BCUT2D eigenvalue weighted by Crippen LogP contribution is -2.52. The van der Waals surface area contributed by atoms with Gasteiger partial charge in [-0.25, -0.2) is 0 Å². The third-order valence-corrected chi connectivity index (χ3v) is 4.49. The van der Waals surface area contributed by atoms with Gasteiger partial charge in [0.15, 0.2) is 0 Å². The maximum absolute atomic E-state index is 12.4. The number of hydrogen-bond acceptors (Lipinski definition) is 2. The first kappa shape index (κ1) is 10.6. The zero-order chi connectivity index (χ0) is 11.5. The van der Waals surface area contributed by atoms with Crippen LogP contribution in [0.3, 0.4) is 0 Å². The number of nitrogens with one attached hydrogen (secondary N) is 1. The van der Waals surface area contributed by atoms with Crippen molar-refractivity contribution < 1.29 is 4.79 Å². The Kier molecular flexibility index (Phi) is 2.13. The highest BCUT2D eigenvalue weighted by Crippen LogP contribution is 2.46. The fraction of sp³-hybridized carbons (Fsp3) is 0.923. The van der Waals surface area contributed by atoms with Crippen LogP contribution < -0.4 is 5.32 Å². The van der Waals surface area contributed by atoms with Gasteiger partial charge in [-0.05, 0) is 37.5 Å². The van der Waals surface area contributed by atoms with E-state index in [1.807, 2.05) is 0 Å². The van der Waals surface area contributed by atoms with E-state index in [0.717, 1.165) is 18.8 Å². The predicted octanol–water partition coefficient (Wildman–Crippen LogP) is 1.73. The molecule has 0 bridgehead atoms. The van der Waals surface area contributed by atoms with Gasteiger partial charge >= 0.3 is 0 Å². The van der Waals surface area contributed by atoms with Gasteiger partial charge in [0.25, 0.3) is 0 Å². The molecule has 1 saturated heterocycles. The SMILES string of the molecule is CC1CC(N2C(=O)C3(CC3)NC2C(C)C)C1. The Morgan fingerprint density at radius 2 is 2.00 bits per heavy atom. The molecule has 1 unspecified atom stereocenters. The number of amides is 1. The van der Waals surface area contributed by atoms with E-state index >= 15 is 0 Å². The van der Waals surface area contributed by atoms with Crippen molar-refractivity contribution in [3.05, 3.63) is 0 Å². The van der Waals surface area contributed by atoms with Crippen molar-refractivity contribution in [3.8, 4) is 0 Å². The zero-order valence-electron chi connectivity index (χ0n) is 10.5. The molecule has 2 saturated carbocycles. The molecule has 3 nitrogen and oxygen atoms in total. The van der Waals surface area contributed by atoms with E-state index in [9.17, 15) is 4.79 Å². The Labute approximate surface area is 97.6 Å². The van der Waals surface area contributed by atoms with Crippen LogP contribution in [0.1, 0.15) is 46.5 Å². The number of nitrogens with zero attached hydrogens (tertiary/aromatic N) is 1. The average molecular weight is 222 g/mol. The van der Waals surface area contributed by atoms with Crippen LogP contribution in [-0.4, -0.2) is 28.6 Å². The van der Waals surface area contributed by atoms with Gasteiger partial charge in [-0.3, -0.25) is 10.1 Å². The largest absolute Gasteiger partial charge is 0.322 e. The minimum atomic E-state index is -0.131. The van der Waals surface area contributed by atoms with Crippen molar-refractivity contribution in [2.75, 3.05) is 0 Å². The van der Waals surface area contributed by atoms with Crippen LogP contribution in [0.2, 0.25) is 0 Å². The molecule has 1 N–H and O–H groups in total. The van der Waals surface area contributed by atoms with Crippen molar-refractivity contribution in [1.82, 2.24) is 10.2 Å². The maximum Gasteiger partial charge on any atom is 0.244 e. The Hall–Kier alpha value is -0.570. The molecule has 1 amide bonds. The van der Waals surface area contributed by atoms with Crippen LogP contribution in [-0.2, 0) is 4.79 Å². The summed E-state index contributed by atoms with van der Waals surface area (Å²) in [5, 5.41) is 3.58. The molecule has 3 rings (SSSR count). The smallest absolute Gasteiger partial charge is 0.244 e. The number of carbonyl (C=O) groups is 1. The Morgan fingerprint density at radius 1 is 1.38 bits per heavy atom. The van der Waals surface area contributed by atoms with Crippen molar-refractivity contribution in [3.63, 3.8) is 0 Å². The lowest BCUT2D eigenvalue weighted by Gasteiger charge is -2.43. The summed E-state index contributed by atoms with van der Waals surface area (Å²) in [5.41, 5.74) is -0.131. The minimum absolute atomic E-state index is 0.131. The highest BCUT2D eigenvalue weighted by molar-refractivity contribution is 5.92. The lowest BCUT2D eigenvalue weighted by molar-refractivity contribution is -0.136. The highest BCUT2D eigenvalue weighted by atomic mass is 16.2. The fourth-order valence-corrected chi connectivity index (χ4v) is 3.24. The van der Waals surface area contributed by atoms with Crippen LogP contribution >= 0.6 is 0 Å². The monoisotopic (exact) mass is 222 g/mol. The maximum atomic E-state index is 12.4. The second kappa shape index (κ2) is 3.22. The summed E-state index contributed by atoms with van der Waals surface area (Å²) in [7, 11) is 0. The molecule has 0 aromatic heterocycles. The molecule has 3 aliphatic rings. The van der Waals surface area contributed by atoms with E-state index in [1.165, 1.54) is 12.8 Å². The molecule has 90 valence electrons. The molecule has 0 aromatic rings. The van der Waals surface area contributed by atoms with E-state index in [0.29, 0.717) is 17.9 Å². The summed E-state index contributed by atoms with van der Waals surface area (Å²) in [4.78, 5) is 14.6. The summed E-state index contributed by atoms with van der Waals surface area (Å²) >= 11 is 0. The minimum Gasteiger partial charge on any atom is -0.322 e. The van der Waals surface area contributed by atoms with Crippen molar-refractivity contribution >= 4 is 5.91 Å². The molecule has 1 atom stereocenters. The summed E-state index contributed by atoms with van der Waals surface area (Å²) in [5.74, 6) is 1.71. The van der Waals surface area contributed by atoms with Gasteiger partial charge in [-0.15, -0.1) is 0 Å². The first-order valence-electron chi connectivity index (χ1n) is 6.64. The van der Waals surface area contributed by atoms with Crippen LogP contribution in [0.5, 0.6) is 0 Å². The topological polar surface area (TPSA) is 32.3 Å². The van der Waals surface area contributed by atoms with Crippen molar-refractivity contribution in [2.24, 2.45) is 11.8 Å². The number of hydrogen-bond donors (Lipinski definition) is 1. The van der Waals surface area contributed by atoms with Crippen molar-refractivity contribution in [2.45, 2.75) is 64.2 Å². The molecular weight excluding hydrogens is 200 g/mol. The van der Waals surface area contributed by atoms with Crippen LogP contribution in [0, 0.1) is 11.8 Å². The second-order valence-corrected chi connectivity index (χ2v) is 6.36. The van der Waals surface area contributed by atoms with E-state index in [4.69, 9.17) is 0 Å². The molecule has 1 heterocycles. The lowest BCUT2D eigenvalue weighted by atomic mass is 9.80. The third kappa shape index (κ3) is 1.33. The average Bonchev–Trinajstić information content (AvgIpc) is 2.88. The standard InChI is InChI=1S/C13H22N2O/c1-8(2)11-14-13(4-5-13)12(16)15(11)10-6-9(3)7-10/h8-11,14H,4-7H2,1-3H3. The second-order valence-electron chi connectivity index (χ2n) is 6.36. The molecular formula is C13H22N2O. The number of carbonyl (C=O) groups excluding carboxylic acids is 1. The van der Waals surface area contributed by atoms with Crippen LogP contribution in [0.15, 0.2) is 0 Å². The molecule has 0 aromatic carbocycles. The van der Waals surface area contributed by atoms with E-state index in [1.54, 1.807) is 0 Å². The Bertz CT molecular complexity index is 316. The van der Waals surface area contributed by atoms with Gasteiger partial charge in [0.2, 0.25) is 5.91 Å². The van der Waals surface area contributed by atoms with E-state index in [-0.39, 0.29) is 11.7 Å². The molecule has 0 radical (unpaired) electrons. The molecule has 1 aliphatic heterocycles. The Morgan fingerprint density at radius 3 is 2.44 bits per heavy atom. The summed E-state index contributed by atoms with van der Waals surface area (Å²) in [6, 6.07) is 0.516. The predicted molar refractivity (Wildman–Crippen MR) is 62.8 cm³/mol. The molecule has 16 heavy (non-hydrogen) atoms. The molecule has 1 spiro atoms. The normalized spacial score (nSPS) is 40.6. The van der Waals surface area contributed by atoms with Gasteiger partial charge in [0.1, 0.15) is 0 Å². The van der Waals surface area contributed by atoms with E-state index < -0.39 is 0 Å². The summed E-state index contributed by atoms with van der Waals surface area (Å²) < 4.78 is 0. The highest BCUT2D eigenvalue weighted by Gasteiger charge is 2.61. The third-order valence-electron chi connectivity index (χ3n) is 4.49. The van der Waals surface area contributed by atoms with Crippen LogP contribution in [0.4, 0.5) is 0 Å². The quantitative estimate of drug-likeness (QED) is 0.771. The first-order chi connectivity index (χ1) is 7.53. The molecule has 3 fully saturated rings. The fourth-order valence-electron chi connectivity index (χ4n) is 3.24. The van der Waals surface area contributed by atoms with Crippen LogP contribution in [0.25, 0.3) is 0 Å². The first-order valence-corrected chi connectivity index (χ1v) is 6.64.